The normalized spacial score (nSPS) is 10.8. The van der Waals surface area contributed by atoms with Crippen LogP contribution in [0.4, 0.5) is 0 Å². The molecule has 3 aromatic carbocycles. The van der Waals surface area contributed by atoms with Crippen LogP contribution >= 0.6 is 23.5 Å². The number of thioether (sulfide) groups is 2. The van der Waals surface area contributed by atoms with E-state index in [9.17, 15) is 4.79 Å². The summed E-state index contributed by atoms with van der Waals surface area (Å²) in [6, 6.07) is 28.9. The van der Waals surface area contributed by atoms with E-state index in [1.807, 2.05) is 54.6 Å². The molecule has 0 saturated carbocycles. The second-order valence-corrected chi connectivity index (χ2v) is 8.95. The van der Waals surface area contributed by atoms with Crippen molar-refractivity contribution in [3.05, 3.63) is 124 Å². The van der Waals surface area contributed by atoms with Crippen LogP contribution in [0.1, 0.15) is 22.3 Å². The van der Waals surface area contributed by atoms with Crippen molar-refractivity contribution in [2.45, 2.75) is 18.4 Å². The quantitative estimate of drug-likeness (QED) is 0.341. The van der Waals surface area contributed by atoms with E-state index in [2.05, 4.69) is 43.3 Å². The number of benzene rings is 3. The molecule has 0 radical (unpaired) electrons. The number of carbonyl (C=O) groups excluding carboxylic acids is 1. The van der Waals surface area contributed by atoms with Gasteiger partial charge in [0.1, 0.15) is 0 Å². The van der Waals surface area contributed by atoms with E-state index in [1.54, 1.807) is 35.7 Å². The zero-order valence-corrected chi connectivity index (χ0v) is 18.1. The predicted molar refractivity (Wildman–Crippen MR) is 129 cm³/mol. The smallest absolute Gasteiger partial charge is 0.180 e. The molecule has 0 heterocycles. The molecule has 0 unspecified atom stereocenters. The lowest BCUT2D eigenvalue weighted by Crippen LogP contribution is -1.89. The Hall–Kier alpha value is -2.49. The van der Waals surface area contributed by atoms with Gasteiger partial charge in [-0.25, -0.2) is 0 Å². The van der Waals surface area contributed by atoms with Crippen LogP contribution < -0.4 is 0 Å². The molecule has 3 heteroatoms. The highest BCUT2D eigenvalue weighted by Crippen LogP contribution is 2.33. The summed E-state index contributed by atoms with van der Waals surface area (Å²) >= 11 is 3.43. The Kier molecular flexibility index (Phi) is 8.41. The largest absolute Gasteiger partial charge is 0.290 e. The molecule has 1 nitrogen and oxygen atoms in total. The van der Waals surface area contributed by atoms with Crippen LogP contribution in [0.15, 0.2) is 101 Å². The average molecular weight is 417 g/mol. The van der Waals surface area contributed by atoms with Gasteiger partial charge in [-0.15, -0.1) is 23.5 Å². The summed E-state index contributed by atoms with van der Waals surface area (Å²) in [5, 5.41) is 0. The lowest BCUT2D eigenvalue weighted by atomic mass is 10.1. The van der Waals surface area contributed by atoms with Crippen LogP contribution in [-0.4, -0.2) is 5.78 Å². The molecule has 0 aliphatic heterocycles. The van der Waals surface area contributed by atoms with Crippen LogP contribution in [0.3, 0.4) is 0 Å². The minimum Gasteiger partial charge on any atom is -0.290 e. The van der Waals surface area contributed by atoms with E-state index in [0.29, 0.717) is 0 Å². The summed E-state index contributed by atoms with van der Waals surface area (Å²) in [5.74, 6) is 1.72. The molecule has 0 fully saturated rings. The van der Waals surface area contributed by atoms with Gasteiger partial charge < -0.3 is 0 Å². The Bertz CT molecular complexity index is 913. The molecule has 0 N–H and O–H groups in total. The number of allylic oxidation sites excluding steroid dienone is 2. The average Bonchev–Trinajstić information content (AvgIpc) is 2.76. The third kappa shape index (κ3) is 7.80. The molecule has 0 spiro atoms. The third-order valence-corrected chi connectivity index (χ3v) is 6.69. The topological polar surface area (TPSA) is 17.1 Å². The van der Waals surface area contributed by atoms with Crippen molar-refractivity contribution in [1.29, 1.82) is 0 Å². The Morgan fingerprint density at radius 2 is 1.28 bits per heavy atom. The molecular formula is C26H24OS2. The first-order valence-electron chi connectivity index (χ1n) is 9.53. The summed E-state index contributed by atoms with van der Waals surface area (Å²) < 4.78 is 1.04. The highest BCUT2D eigenvalue weighted by Gasteiger charge is 2.05. The van der Waals surface area contributed by atoms with Crippen LogP contribution in [0.25, 0.3) is 6.08 Å². The number of ketones is 1. The number of hydrogen-bond acceptors (Lipinski definition) is 3. The van der Waals surface area contributed by atoms with Gasteiger partial charge in [-0.05, 0) is 29.7 Å². The SMILES string of the molecule is Cc1ccc(/C=C/C(=O)C=C(SCc2ccccc2)SCc2ccccc2)cc1. The molecule has 0 saturated heterocycles. The van der Waals surface area contributed by atoms with Gasteiger partial charge in [-0.1, -0.05) is 96.6 Å². The van der Waals surface area contributed by atoms with Crippen LogP contribution in [-0.2, 0) is 16.3 Å². The van der Waals surface area contributed by atoms with Crippen molar-refractivity contribution in [3.8, 4) is 0 Å². The maximum Gasteiger partial charge on any atom is 0.180 e. The highest BCUT2D eigenvalue weighted by atomic mass is 32.2. The molecule has 0 aromatic heterocycles. The van der Waals surface area contributed by atoms with Gasteiger partial charge in [-0.3, -0.25) is 4.79 Å². The standard InChI is InChI=1S/C26H24OS2/c1-21-12-14-22(15-13-21)16-17-25(27)18-26(28-19-23-8-4-2-5-9-23)29-20-24-10-6-3-7-11-24/h2-18H,19-20H2,1H3/b17-16+. The fourth-order valence-corrected chi connectivity index (χ4v) is 4.69. The number of hydrogen-bond donors (Lipinski definition) is 0. The lowest BCUT2D eigenvalue weighted by Gasteiger charge is -2.07. The van der Waals surface area contributed by atoms with Gasteiger partial charge in [0.25, 0.3) is 0 Å². The molecule has 0 aliphatic rings. The van der Waals surface area contributed by atoms with Crippen LogP contribution in [0.5, 0.6) is 0 Å². The fraction of sp³-hybridized carbons (Fsp3) is 0.115. The first-order valence-corrected chi connectivity index (χ1v) is 11.5. The minimum absolute atomic E-state index is 0.0155. The van der Waals surface area contributed by atoms with Gasteiger partial charge in [0.2, 0.25) is 0 Å². The van der Waals surface area contributed by atoms with E-state index in [-0.39, 0.29) is 5.78 Å². The summed E-state index contributed by atoms with van der Waals surface area (Å²) in [5.41, 5.74) is 4.76. The second-order valence-electron chi connectivity index (χ2n) is 6.66. The van der Waals surface area contributed by atoms with Crippen molar-refractivity contribution in [2.75, 3.05) is 0 Å². The van der Waals surface area contributed by atoms with E-state index >= 15 is 0 Å². The highest BCUT2D eigenvalue weighted by molar-refractivity contribution is 8.21. The molecular weight excluding hydrogens is 392 g/mol. The molecule has 29 heavy (non-hydrogen) atoms. The van der Waals surface area contributed by atoms with Gasteiger partial charge in [0.15, 0.2) is 5.78 Å². The van der Waals surface area contributed by atoms with E-state index in [4.69, 9.17) is 0 Å². The summed E-state index contributed by atoms with van der Waals surface area (Å²) in [6.45, 7) is 2.06. The lowest BCUT2D eigenvalue weighted by molar-refractivity contribution is -0.110. The Morgan fingerprint density at radius 1 is 0.759 bits per heavy atom. The summed E-state index contributed by atoms with van der Waals surface area (Å²) in [4.78, 5) is 12.5. The minimum atomic E-state index is 0.0155. The maximum absolute atomic E-state index is 12.5. The predicted octanol–water partition coefficient (Wildman–Crippen LogP) is 7.29. The van der Waals surface area contributed by atoms with Crippen LogP contribution in [0, 0.1) is 6.92 Å². The number of aryl methyl sites for hydroxylation is 1. The van der Waals surface area contributed by atoms with Gasteiger partial charge in [0.05, 0.1) is 0 Å². The van der Waals surface area contributed by atoms with Crippen molar-refractivity contribution in [2.24, 2.45) is 0 Å². The first-order chi connectivity index (χ1) is 14.2. The van der Waals surface area contributed by atoms with Gasteiger partial charge in [0, 0.05) is 21.8 Å². The first kappa shape index (κ1) is 21.2. The van der Waals surface area contributed by atoms with E-state index in [0.717, 1.165) is 21.3 Å². The Labute approximate surface area is 181 Å². The molecule has 0 aliphatic carbocycles. The number of rotatable bonds is 9. The molecule has 0 bridgehead atoms. The summed E-state index contributed by atoms with van der Waals surface area (Å²) in [7, 11) is 0. The van der Waals surface area contributed by atoms with Crippen molar-refractivity contribution < 1.29 is 4.79 Å². The van der Waals surface area contributed by atoms with Crippen molar-refractivity contribution in [3.63, 3.8) is 0 Å². The monoisotopic (exact) mass is 416 g/mol. The fourth-order valence-electron chi connectivity index (χ4n) is 2.60. The Morgan fingerprint density at radius 3 is 1.79 bits per heavy atom. The number of carbonyl (C=O) groups is 1. The molecule has 3 rings (SSSR count). The van der Waals surface area contributed by atoms with Gasteiger partial charge >= 0.3 is 0 Å². The van der Waals surface area contributed by atoms with E-state index < -0.39 is 0 Å². The van der Waals surface area contributed by atoms with E-state index in [1.165, 1.54) is 16.7 Å². The molecule has 3 aromatic rings. The molecule has 146 valence electrons. The van der Waals surface area contributed by atoms with Crippen molar-refractivity contribution >= 4 is 35.4 Å². The second kappa shape index (κ2) is 11.5. The zero-order valence-electron chi connectivity index (χ0n) is 16.5. The van der Waals surface area contributed by atoms with Crippen molar-refractivity contribution in [1.82, 2.24) is 0 Å². The molecule has 0 amide bonds. The zero-order chi connectivity index (χ0) is 20.3. The van der Waals surface area contributed by atoms with Gasteiger partial charge in [-0.2, -0.15) is 0 Å². The summed E-state index contributed by atoms with van der Waals surface area (Å²) in [6.07, 6.45) is 5.28. The van der Waals surface area contributed by atoms with Crippen LogP contribution in [0.2, 0.25) is 0 Å². The maximum atomic E-state index is 12.5. The Balaban J connectivity index is 1.67. The third-order valence-electron chi connectivity index (χ3n) is 4.23. The molecule has 0 atom stereocenters.